The first-order valence-corrected chi connectivity index (χ1v) is 8.27. The fourth-order valence-electron chi connectivity index (χ4n) is 2.13. The highest BCUT2D eigenvalue weighted by Crippen LogP contribution is 2.35. The number of carboxylic acids is 1. The van der Waals surface area contributed by atoms with Crippen molar-refractivity contribution in [1.82, 2.24) is 4.90 Å². The van der Waals surface area contributed by atoms with Crippen molar-refractivity contribution in [1.29, 1.82) is 0 Å². The number of carboxylic acid groups (broad SMARTS) is 1. The maximum absolute atomic E-state index is 12.1. The summed E-state index contributed by atoms with van der Waals surface area (Å²) in [4.78, 5) is 36.2. The molecule has 0 saturated heterocycles. The van der Waals surface area contributed by atoms with Gasteiger partial charge in [0.1, 0.15) is 8.96 Å². The Hall–Kier alpha value is -0.730. The lowest BCUT2D eigenvalue weighted by Gasteiger charge is -2.35. The number of nitrogens with zero attached hydrogens (tertiary/aromatic N) is 1. The van der Waals surface area contributed by atoms with Crippen LogP contribution in [0.1, 0.15) is 40.5 Å². The summed E-state index contributed by atoms with van der Waals surface area (Å²) in [6.07, 6.45) is 0.280. The van der Waals surface area contributed by atoms with Gasteiger partial charge in [0.25, 0.3) is 11.8 Å². The van der Waals surface area contributed by atoms with E-state index in [0.29, 0.717) is 6.42 Å². The molecule has 0 aromatic rings. The number of amides is 2. The van der Waals surface area contributed by atoms with Gasteiger partial charge < -0.3 is 9.84 Å². The van der Waals surface area contributed by atoms with Gasteiger partial charge in [0.2, 0.25) is 0 Å². The molecule has 1 N–H and O–H groups in total. The van der Waals surface area contributed by atoms with Crippen molar-refractivity contribution in [2.24, 2.45) is 0 Å². The molecule has 6 nitrogen and oxygen atoms in total. The average molecular weight is 441 g/mol. The molecule has 0 aromatic heterocycles. The minimum absolute atomic E-state index is 0.117. The fourth-order valence-corrected chi connectivity index (χ4v) is 2.82. The zero-order chi connectivity index (χ0) is 17.3. The lowest BCUT2D eigenvalue weighted by molar-refractivity contribution is -0.145. The SMILES string of the molecule is CC(C)(CC(=O)O)OCCC(C)(C)N1C(=O)C(Br)=C(Br)C1=O. The molecule has 1 aliphatic rings. The molecule has 0 aromatic carbocycles. The number of imide groups is 1. The van der Waals surface area contributed by atoms with E-state index in [2.05, 4.69) is 31.9 Å². The second-order valence-corrected chi connectivity index (χ2v) is 7.90. The third-order valence-corrected chi connectivity index (χ3v) is 5.37. The summed E-state index contributed by atoms with van der Waals surface area (Å²) in [6, 6.07) is 0. The summed E-state index contributed by atoms with van der Waals surface area (Å²) in [7, 11) is 0. The van der Waals surface area contributed by atoms with Crippen molar-refractivity contribution < 1.29 is 24.2 Å². The van der Waals surface area contributed by atoms with Crippen LogP contribution in [-0.4, -0.2) is 45.5 Å². The van der Waals surface area contributed by atoms with Crippen LogP contribution in [0.15, 0.2) is 8.96 Å². The summed E-state index contributed by atoms with van der Waals surface area (Å²) < 4.78 is 6.01. The van der Waals surface area contributed by atoms with Crippen molar-refractivity contribution in [3.63, 3.8) is 0 Å². The molecule has 0 saturated carbocycles. The molecule has 22 heavy (non-hydrogen) atoms. The highest BCUT2D eigenvalue weighted by atomic mass is 79.9. The Morgan fingerprint density at radius 1 is 1.14 bits per heavy atom. The molecule has 1 heterocycles. The number of halogens is 2. The van der Waals surface area contributed by atoms with Crippen LogP contribution in [-0.2, 0) is 19.1 Å². The molecule has 2 amide bonds. The molecule has 0 aliphatic carbocycles. The molecule has 0 bridgehead atoms. The van der Waals surface area contributed by atoms with Gasteiger partial charge in [-0.15, -0.1) is 0 Å². The normalized spacial score (nSPS) is 16.7. The van der Waals surface area contributed by atoms with Gasteiger partial charge in [0, 0.05) is 12.1 Å². The van der Waals surface area contributed by atoms with Crippen LogP contribution in [0.4, 0.5) is 0 Å². The van der Waals surface area contributed by atoms with E-state index in [4.69, 9.17) is 9.84 Å². The van der Waals surface area contributed by atoms with E-state index in [1.54, 1.807) is 27.7 Å². The highest BCUT2D eigenvalue weighted by molar-refractivity contribution is 9.14. The van der Waals surface area contributed by atoms with Crippen LogP contribution in [0.2, 0.25) is 0 Å². The number of carbonyl (C=O) groups excluding carboxylic acids is 2. The smallest absolute Gasteiger partial charge is 0.306 e. The summed E-state index contributed by atoms with van der Waals surface area (Å²) in [5.41, 5.74) is -1.55. The summed E-state index contributed by atoms with van der Waals surface area (Å²) in [5.74, 6) is -1.73. The van der Waals surface area contributed by atoms with Crippen LogP contribution in [0.3, 0.4) is 0 Å². The van der Waals surface area contributed by atoms with Gasteiger partial charge in [-0.1, -0.05) is 0 Å². The molecular weight excluding hydrogens is 422 g/mol. The van der Waals surface area contributed by atoms with Crippen LogP contribution < -0.4 is 0 Å². The number of hydrogen-bond acceptors (Lipinski definition) is 4. The third-order valence-electron chi connectivity index (χ3n) is 3.36. The van der Waals surface area contributed by atoms with Gasteiger partial charge >= 0.3 is 5.97 Å². The number of carbonyl (C=O) groups is 3. The zero-order valence-electron chi connectivity index (χ0n) is 12.9. The predicted molar refractivity (Wildman–Crippen MR) is 87.7 cm³/mol. The Kier molecular flexibility index (Phi) is 5.97. The lowest BCUT2D eigenvalue weighted by atomic mass is 9.98. The summed E-state index contributed by atoms with van der Waals surface area (Å²) >= 11 is 6.19. The predicted octanol–water partition coefficient (Wildman–Crippen LogP) is 2.80. The van der Waals surface area contributed by atoms with Crippen LogP contribution in [0.25, 0.3) is 0 Å². The van der Waals surface area contributed by atoms with Crippen molar-refractivity contribution in [3.8, 4) is 0 Å². The molecule has 1 rings (SSSR count). The first-order chi connectivity index (χ1) is 9.89. The second kappa shape index (κ2) is 6.80. The minimum Gasteiger partial charge on any atom is -0.481 e. The molecular formula is C14H19Br2NO5. The first kappa shape index (κ1) is 19.3. The highest BCUT2D eigenvalue weighted by Gasteiger charge is 2.44. The maximum atomic E-state index is 12.1. The Morgan fingerprint density at radius 2 is 1.59 bits per heavy atom. The molecule has 0 unspecified atom stereocenters. The largest absolute Gasteiger partial charge is 0.481 e. The molecule has 124 valence electrons. The summed E-state index contributed by atoms with van der Waals surface area (Å²) in [5, 5.41) is 8.82. The average Bonchev–Trinajstić information content (AvgIpc) is 2.51. The first-order valence-electron chi connectivity index (χ1n) is 6.69. The standard InChI is InChI=1S/C14H19Br2NO5/c1-13(2,5-6-22-14(3,4)7-8(18)19)17-11(20)9(15)10(16)12(17)21/h5-7H2,1-4H3,(H,18,19). The Bertz CT molecular complexity index is 515. The third kappa shape index (κ3) is 4.39. The topological polar surface area (TPSA) is 83.9 Å². The molecule has 8 heteroatoms. The van der Waals surface area contributed by atoms with Crippen LogP contribution >= 0.6 is 31.9 Å². The number of rotatable bonds is 7. The van der Waals surface area contributed by atoms with Gasteiger partial charge in [-0.25, -0.2) is 0 Å². The number of aliphatic carboxylic acids is 1. The Morgan fingerprint density at radius 3 is 2.00 bits per heavy atom. The Balaban J connectivity index is 2.68. The van der Waals surface area contributed by atoms with Gasteiger partial charge in [-0.2, -0.15) is 0 Å². The Labute approximate surface area is 146 Å². The van der Waals surface area contributed by atoms with E-state index in [1.807, 2.05) is 0 Å². The van der Waals surface area contributed by atoms with Crippen molar-refractivity contribution in [3.05, 3.63) is 8.96 Å². The van der Waals surface area contributed by atoms with E-state index in [1.165, 1.54) is 4.90 Å². The van der Waals surface area contributed by atoms with E-state index in [9.17, 15) is 14.4 Å². The van der Waals surface area contributed by atoms with E-state index >= 15 is 0 Å². The monoisotopic (exact) mass is 439 g/mol. The second-order valence-electron chi connectivity index (χ2n) is 6.31. The maximum Gasteiger partial charge on any atom is 0.306 e. The van der Waals surface area contributed by atoms with Gasteiger partial charge in [0.15, 0.2) is 0 Å². The molecule has 0 radical (unpaired) electrons. The quantitative estimate of drug-likeness (QED) is 0.615. The van der Waals surface area contributed by atoms with E-state index in [-0.39, 0.29) is 22.0 Å². The van der Waals surface area contributed by atoms with Gasteiger partial charge in [-0.05, 0) is 66.0 Å². The van der Waals surface area contributed by atoms with Crippen molar-refractivity contribution in [2.45, 2.75) is 51.7 Å². The number of hydrogen-bond donors (Lipinski definition) is 1. The van der Waals surface area contributed by atoms with Crippen LogP contribution in [0, 0.1) is 0 Å². The molecule has 0 spiro atoms. The van der Waals surface area contributed by atoms with E-state index < -0.39 is 28.9 Å². The zero-order valence-corrected chi connectivity index (χ0v) is 16.1. The number of ether oxygens (including phenoxy) is 1. The van der Waals surface area contributed by atoms with Crippen molar-refractivity contribution in [2.75, 3.05) is 6.61 Å². The van der Waals surface area contributed by atoms with Gasteiger partial charge in [-0.3, -0.25) is 19.3 Å². The molecule has 0 atom stereocenters. The summed E-state index contributed by atoms with van der Waals surface area (Å²) in [6.45, 7) is 7.15. The molecule has 1 aliphatic heterocycles. The van der Waals surface area contributed by atoms with Crippen molar-refractivity contribution >= 4 is 49.6 Å². The van der Waals surface area contributed by atoms with Gasteiger partial charge in [0.05, 0.1) is 12.0 Å². The fraction of sp³-hybridized carbons (Fsp3) is 0.643. The lowest BCUT2D eigenvalue weighted by Crippen LogP contribution is -2.49. The van der Waals surface area contributed by atoms with Crippen LogP contribution in [0.5, 0.6) is 0 Å². The molecule has 0 fully saturated rings. The minimum atomic E-state index is -0.939. The van der Waals surface area contributed by atoms with E-state index in [0.717, 1.165) is 0 Å².